The molecular formula is C8H9N3O. The summed E-state index contributed by atoms with van der Waals surface area (Å²) in [6.07, 6.45) is 3.40. The van der Waals surface area contributed by atoms with Gasteiger partial charge in [0.15, 0.2) is 5.76 Å². The van der Waals surface area contributed by atoms with E-state index in [9.17, 15) is 0 Å². The third kappa shape index (κ3) is 1.23. The van der Waals surface area contributed by atoms with E-state index in [1.807, 2.05) is 23.7 Å². The Kier molecular flexibility index (Phi) is 1.66. The fourth-order valence-corrected chi connectivity index (χ4v) is 1.04. The van der Waals surface area contributed by atoms with Crippen LogP contribution in [0.15, 0.2) is 29.0 Å². The van der Waals surface area contributed by atoms with Gasteiger partial charge in [0.05, 0.1) is 6.20 Å². The van der Waals surface area contributed by atoms with E-state index in [2.05, 4.69) is 10.3 Å². The molecule has 0 N–H and O–H groups in total. The summed E-state index contributed by atoms with van der Waals surface area (Å²) in [7, 11) is 0. The maximum absolute atomic E-state index is 4.95. The van der Waals surface area contributed by atoms with E-state index in [-0.39, 0.29) is 0 Å². The normalized spacial score (nSPS) is 10.4. The predicted molar refractivity (Wildman–Crippen MR) is 42.6 cm³/mol. The molecule has 0 spiro atoms. The van der Waals surface area contributed by atoms with Gasteiger partial charge in [0.25, 0.3) is 0 Å². The summed E-state index contributed by atoms with van der Waals surface area (Å²) in [5, 5.41) is 7.74. The molecule has 0 saturated heterocycles. The average molecular weight is 163 g/mol. The first-order chi connectivity index (χ1) is 5.86. The van der Waals surface area contributed by atoms with E-state index in [1.54, 1.807) is 12.4 Å². The molecule has 2 aromatic heterocycles. The Bertz CT molecular complexity index is 350. The molecule has 0 aliphatic rings. The highest BCUT2D eigenvalue weighted by atomic mass is 16.5. The van der Waals surface area contributed by atoms with Gasteiger partial charge in [-0.1, -0.05) is 5.16 Å². The molecule has 2 rings (SSSR count). The zero-order valence-corrected chi connectivity index (χ0v) is 6.77. The van der Waals surface area contributed by atoms with Gasteiger partial charge in [0, 0.05) is 18.0 Å². The van der Waals surface area contributed by atoms with Crippen molar-refractivity contribution in [1.29, 1.82) is 0 Å². The molecule has 2 aromatic rings. The Morgan fingerprint density at radius 1 is 1.42 bits per heavy atom. The van der Waals surface area contributed by atoms with Crippen LogP contribution in [0.3, 0.4) is 0 Å². The second-order valence-corrected chi connectivity index (χ2v) is 2.61. The maximum atomic E-state index is 4.95. The van der Waals surface area contributed by atoms with Crippen LogP contribution >= 0.6 is 0 Å². The summed E-state index contributed by atoms with van der Waals surface area (Å²) in [4.78, 5) is 0. The van der Waals surface area contributed by atoms with Crippen LogP contribution in [0.1, 0.15) is 11.5 Å². The Morgan fingerprint density at radius 2 is 2.33 bits per heavy atom. The van der Waals surface area contributed by atoms with Gasteiger partial charge in [0.1, 0.15) is 6.54 Å². The quantitative estimate of drug-likeness (QED) is 0.668. The number of hydrogen-bond donors (Lipinski definition) is 0. The predicted octanol–water partition coefficient (Wildman–Crippen LogP) is 1.23. The second kappa shape index (κ2) is 2.81. The minimum Gasteiger partial charge on any atom is -0.359 e. The maximum Gasteiger partial charge on any atom is 0.158 e. The van der Waals surface area contributed by atoms with Crippen LogP contribution in [-0.2, 0) is 6.54 Å². The second-order valence-electron chi connectivity index (χ2n) is 2.61. The van der Waals surface area contributed by atoms with Gasteiger partial charge >= 0.3 is 0 Å². The summed E-state index contributed by atoms with van der Waals surface area (Å²) in [5.74, 6) is 0.821. The van der Waals surface area contributed by atoms with Crippen molar-refractivity contribution in [2.24, 2.45) is 0 Å². The molecule has 4 heteroatoms. The van der Waals surface area contributed by atoms with Crippen molar-refractivity contribution in [2.45, 2.75) is 13.5 Å². The lowest BCUT2D eigenvalue weighted by Crippen LogP contribution is -2.02. The highest BCUT2D eigenvalue weighted by molar-refractivity contribution is 5.01. The lowest BCUT2D eigenvalue weighted by Gasteiger charge is -1.98. The molecule has 0 saturated carbocycles. The van der Waals surface area contributed by atoms with Gasteiger partial charge in [-0.3, -0.25) is 4.68 Å². The largest absolute Gasteiger partial charge is 0.359 e. The summed E-state index contributed by atoms with van der Waals surface area (Å²) in [6, 6.07) is 3.79. The lowest BCUT2D eigenvalue weighted by atomic mass is 10.4. The minimum atomic E-state index is 0.652. The summed E-state index contributed by atoms with van der Waals surface area (Å²) < 4.78 is 6.81. The molecule has 4 nitrogen and oxygen atoms in total. The zero-order chi connectivity index (χ0) is 8.39. The van der Waals surface area contributed by atoms with Crippen molar-refractivity contribution in [3.05, 3.63) is 36.0 Å². The van der Waals surface area contributed by atoms with Gasteiger partial charge < -0.3 is 4.52 Å². The van der Waals surface area contributed by atoms with Crippen LogP contribution < -0.4 is 0 Å². The highest BCUT2D eigenvalue weighted by Gasteiger charge is 2.00. The molecular weight excluding hydrogens is 154 g/mol. The Morgan fingerprint density at radius 3 is 2.92 bits per heavy atom. The van der Waals surface area contributed by atoms with Crippen molar-refractivity contribution in [3.8, 4) is 0 Å². The van der Waals surface area contributed by atoms with Crippen LogP contribution in [0.5, 0.6) is 0 Å². The van der Waals surface area contributed by atoms with Crippen molar-refractivity contribution >= 4 is 0 Å². The fraction of sp³-hybridized carbons (Fsp3) is 0.250. The van der Waals surface area contributed by atoms with Crippen molar-refractivity contribution in [1.82, 2.24) is 14.9 Å². The SMILES string of the molecule is Cc1ccnn1Cc1ccno1. The van der Waals surface area contributed by atoms with Gasteiger partial charge in [0.2, 0.25) is 0 Å². The molecule has 62 valence electrons. The number of nitrogens with zero attached hydrogens (tertiary/aromatic N) is 3. The van der Waals surface area contributed by atoms with Crippen molar-refractivity contribution in [3.63, 3.8) is 0 Å². The van der Waals surface area contributed by atoms with Gasteiger partial charge in [-0.25, -0.2) is 0 Å². The average Bonchev–Trinajstić information content (AvgIpc) is 2.65. The van der Waals surface area contributed by atoms with Crippen LogP contribution in [0.2, 0.25) is 0 Å². The lowest BCUT2D eigenvalue weighted by molar-refractivity contribution is 0.370. The molecule has 0 bridgehead atoms. The van der Waals surface area contributed by atoms with Gasteiger partial charge in [-0.05, 0) is 13.0 Å². The fourth-order valence-electron chi connectivity index (χ4n) is 1.04. The third-order valence-corrected chi connectivity index (χ3v) is 1.73. The molecule has 0 radical (unpaired) electrons. The van der Waals surface area contributed by atoms with Crippen LogP contribution in [0, 0.1) is 6.92 Å². The summed E-state index contributed by atoms with van der Waals surface area (Å²) in [5.41, 5.74) is 1.12. The highest BCUT2D eigenvalue weighted by Crippen LogP contribution is 2.02. The van der Waals surface area contributed by atoms with Crippen molar-refractivity contribution in [2.75, 3.05) is 0 Å². The first-order valence-electron chi connectivity index (χ1n) is 3.74. The molecule has 2 heterocycles. The van der Waals surface area contributed by atoms with E-state index in [4.69, 9.17) is 4.52 Å². The van der Waals surface area contributed by atoms with E-state index in [0.29, 0.717) is 6.54 Å². The number of rotatable bonds is 2. The molecule has 0 aliphatic heterocycles. The molecule has 0 unspecified atom stereocenters. The Labute approximate surface area is 69.8 Å². The Balaban J connectivity index is 2.20. The number of hydrogen-bond acceptors (Lipinski definition) is 3. The monoisotopic (exact) mass is 163 g/mol. The summed E-state index contributed by atoms with van der Waals surface area (Å²) >= 11 is 0. The summed E-state index contributed by atoms with van der Waals surface area (Å²) in [6.45, 7) is 2.65. The van der Waals surface area contributed by atoms with E-state index in [0.717, 1.165) is 11.5 Å². The molecule has 0 aliphatic carbocycles. The van der Waals surface area contributed by atoms with E-state index < -0.39 is 0 Å². The van der Waals surface area contributed by atoms with Crippen LogP contribution in [-0.4, -0.2) is 14.9 Å². The molecule has 0 amide bonds. The number of aryl methyl sites for hydroxylation is 1. The van der Waals surface area contributed by atoms with E-state index in [1.165, 1.54) is 0 Å². The molecule has 0 atom stereocenters. The van der Waals surface area contributed by atoms with Gasteiger partial charge in [-0.15, -0.1) is 0 Å². The smallest absolute Gasteiger partial charge is 0.158 e. The molecule has 12 heavy (non-hydrogen) atoms. The van der Waals surface area contributed by atoms with Crippen molar-refractivity contribution < 1.29 is 4.52 Å². The topological polar surface area (TPSA) is 43.9 Å². The molecule has 0 fully saturated rings. The number of aromatic nitrogens is 3. The first-order valence-corrected chi connectivity index (χ1v) is 3.74. The Hall–Kier alpha value is -1.58. The van der Waals surface area contributed by atoms with Crippen LogP contribution in [0.25, 0.3) is 0 Å². The van der Waals surface area contributed by atoms with Gasteiger partial charge in [-0.2, -0.15) is 5.10 Å². The van der Waals surface area contributed by atoms with Crippen LogP contribution in [0.4, 0.5) is 0 Å². The zero-order valence-electron chi connectivity index (χ0n) is 6.77. The molecule has 0 aromatic carbocycles. The van der Waals surface area contributed by atoms with E-state index >= 15 is 0 Å². The minimum absolute atomic E-state index is 0.652. The standard InChI is InChI=1S/C8H9N3O/c1-7-2-4-9-11(7)6-8-3-5-10-12-8/h2-5H,6H2,1H3. The first kappa shape index (κ1) is 7.09. The third-order valence-electron chi connectivity index (χ3n) is 1.73.